The van der Waals surface area contributed by atoms with Crippen molar-refractivity contribution in [3.63, 3.8) is 0 Å². The van der Waals surface area contributed by atoms with Crippen molar-refractivity contribution in [2.45, 2.75) is 31.6 Å². The number of aromatic nitrogens is 1. The molecule has 6 heteroatoms. The lowest BCUT2D eigenvalue weighted by Gasteiger charge is -2.33. The number of nitrogens with one attached hydrogen (secondary N) is 1. The number of carbonyl (C=O) groups excluding carboxylic acids is 1. The lowest BCUT2D eigenvalue weighted by Crippen LogP contribution is -2.41. The van der Waals surface area contributed by atoms with Crippen molar-refractivity contribution in [1.82, 2.24) is 9.88 Å². The van der Waals surface area contributed by atoms with E-state index in [2.05, 4.69) is 15.2 Å². The summed E-state index contributed by atoms with van der Waals surface area (Å²) in [6, 6.07) is 7.54. The van der Waals surface area contributed by atoms with Gasteiger partial charge in [-0.1, -0.05) is 0 Å². The third-order valence-corrected chi connectivity index (χ3v) is 4.82. The summed E-state index contributed by atoms with van der Waals surface area (Å²) in [5.41, 5.74) is 0.709. The van der Waals surface area contributed by atoms with Crippen molar-refractivity contribution < 1.29 is 13.9 Å². The highest BCUT2D eigenvalue weighted by molar-refractivity contribution is 5.94. The molecule has 2 aliphatic rings. The molecular weight excluding hydrogens is 306 g/mol. The lowest BCUT2D eigenvalue weighted by molar-refractivity contribution is -0.127. The first-order valence-electron chi connectivity index (χ1n) is 8.39. The maximum Gasteiger partial charge on any atom is 0.253 e. The Bertz CT molecular complexity index is 674. The molecule has 1 amide bonds. The van der Waals surface area contributed by atoms with Crippen LogP contribution in [-0.2, 0) is 16.1 Å². The van der Waals surface area contributed by atoms with Crippen LogP contribution in [0.4, 0.5) is 5.69 Å². The van der Waals surface area contributed by atoms with Gasteiger partial charge in [0.25, 0.3) is 5.91 Å². The molecule has 2 aromatic rings. The first kappa shape index (κ1) is 15.4. The van der Waals surface area contributed by atoms with Gasteiger partial charge in [-0.2, -0.15) is 0 Å². The summed E-state index contributed by atoms with van der Waals surface area (Å²) in [5, 5.41) is 2.89. The van der Waals surface area contributed by atoms with Crippen LogP contribution >= 0.6 is 0 Å². The second-order valence-electron chi connectivity index (χ2n) is 6.49. The number of fused-ring (bicyclic) bond motifs is 1. The number of anilines is 1. The van der Waals surface area contributed by atoms with E-state index in [4.69, 9.17) is 9.15 Å². The number of ether oxygens (including phenoxy) is 1. The third kappa shape index (κ3) is 3.34. The van der Waals surface area contributed by atoms with Gasteiger partial charge in [-0.3, -0.25) is 14.7 Å². The predicted molar refractivity (Wildman–Crippen MR) is 88.2 cm³/mol. The van der Waals surface area contributed by atoms with Crippen molar-refractivity contribution in [2.75, 3.05) is 18.4 Å². The average Bonchev–Trinajstić information content (AvgIpc) is 3.25. The molecule has 2 fully saturated rings. The molecule has 126 valence electrons. The second-order valence-corrected chi connectivity index (χ2v) is 6.49. The fourth-order valence-corrected chi connectivity index (χ4v) is 3.59. The number of furan rings is 1. The highest BCUT2D eigenvalue weighted by Crippen LogP contribution is 2.34. The number of hydrogen-bond acceptors (Lipinski definition) is 5. The molecule has 2 aliphatic heterocycles. The summed E-state index contributed by atoms with van der Waals surface area (Å²) < 4.78 is 11.5. The van der Waals surface area contributed by atoms with Crippen molar-refractivity contribution in [2.24, 2.45) is 5.92 Å². The van der Waals surface area contributed by atoms with E-state index in [9.17, 15) is 4.79 Å². The van der Waals surface area contributed by atoms with Gasteiger partial charge >= 0.3 is 0 Å². The van der Waals surface area contributed by atoms with Crippen LogP contribution in [0.5, 0.6) is 0 Å². The topological polar surface area (TPSA) is 67.6 Å². The summed E-state index contributed by atoms with van der Waals surface area (Å²) in [7, 11) is 0. The molecule has 0 radical (unpaired) electrons. The Morgan fingerprint density at radius 3 is 3.12 bits per heavy atom. The van der Waals surface area contributed by atoms with E-state index in [1.807, 2.05) is 18.2 Å². The molecular formula is C18H21N3O3. The molecule has 4 heterocycles. The smallest absolute Gasteiger partial charge is 0.253 e. The van der Waals surface area contributed by atoms with Crippen molar-refractivity contribution in [1.29, 1.82) is 0 Å². The van der Waals surface area contributed by atoms with Crippen molar-refractivity contribution >= 4 is 11.6 Å². The predicted octanol–water partition coefficient (Wildman–Crippen LogP) is 2.29. The maximum absolute atomic E-state index is 12.4. The molecule has 4 rings (SSSR count). The largest absolute Gasteiger partial charge is 0.468 e. The number of nitrogens with zero attached hydrogens (tertiary/aromatic N) is 2. The Morgan fingerprint density at radius 1 is 1.38 bits per heavy atom. The van der Waals surface area contributed by atoms with E-state index in [0.717, 1.165) is 38.2 Å². The standard InChI is InChI=1S/C18H21N3O3/c22-18(20-14-3-1-6-19-10-14)16-9-13-5-7-21(12-17(13)24-16)11-15-4-2-8-23-15/h1-4,6,8,10,13,16-17H,5,7,9,11-12H2,(H,20,22)/t13-,16-,17+/m0/s1. The zero-order chi connectivity index (χ0) is 16.4. The van der Waals surface area contributed by atoms with Crippen LogP contribution in [0, 0.1) is 5.92 Å². The van der Waals surface area contributed by atoms with Gasteiger partial charge in [0.05, 0.1) is 30.8 Å². The van der Waals surface area contributed by atoms with Gasteiger partial charge in [-0.15, -0.1) is 0 Å². The molecule has 24 heavy (non-hydrogen) atoms. The summed E-state index contributed by atoms with van der Waals surface area (Å²) in [5.74, 6) is 1.36. The van der Waals surface area contributed by atoms with Crippen molar-refractivity contribution in [3.8, 4) is 0 Å². The molecule has 2 saturated heterocycles. The average molecular weight is 327 g/mol. The quantitative estimate of drug-likeness (QED) is 0.933. The number of hydrogen-bond donors (Lipinski definition) is 1. The number of likely N-dealkylation sites (tertiary alicyclic amines) is 1. The van der Waals surface area contributed by atoms with E-state index in [1.165, 1.54) is 0 Å². The van der Waals surface area contributed by atoms with Gasteiger partial charge in [-0.25, -0.2) is 0 Å². The van der Waals surface area contributed by atoms with Crippen LogP contribution in [-0.4, -0.2) is 41.1 Å². The third-order valence-electron chi connectivity index (χ3n) is 4.82. The molecule has 0 aromatic carbocycles. The van der Waals surface area contributed by atoms with Gasteiger partial charge in [0.15, 0.2) is 0 Å². The molecule has 3 atom stereocenters. The zero-order valence-electron chi connectivity index (χ0n) is 13.4. The first-order valence-corrected chi connectivity index (χ1v) is 8.39. The normalized spacial score (nSPS) is 26.9. The molecule has 0 aliphatic carbocycles. The van der Waals surface area contributed by atoms with Crippen LogP contribution in [0.2, 0.25) is 0 Å². The van der Waals surface area contributed by atoms with Crippen LogP contribution in [0.15, 0.2) is 47.3 Å². The van der Waals surface area contributed by atoms with Crippen LogP contribution in [0.1, 0.15) is 18.6 Å². The Kier molecular flexibility index (Phi) is 4.32. The van der Waals surface area contributed by atoms with E-state index >= 15 is 0 Å². The summed E-state index contributed by atoms with van der Waals surface area (Å²) in [6.07, 6.45) is 6.64. The van der Waals surface area contributed by atoms with E-state index in [0.29, 0.717) is 11.6 Å². The first-order chi connectivity index (χ1) is 11.8. The zero-order valence-corrected chi connectivity index (χ0v) is 13.4. The van der Waals surface area contributed by atoms with E-state index < -0.39 is 0 Å². The highest BCUT2D eigenvalue weighted by atomic mass is 16.5. The summed E-state index contributed by atoms with van der Waals surface area (Å²) >= 11 is 0. The number of pyridine rings is 1. The molecule has 1 N–H and O–H groups in total. The Labute approximate surface area is 140 Å². The van der Waals surface area contributed by atoms with E-state index in [1.54, 1.807) is 24.7 Å². The van der Waals surface area contributed by atoms with Crippen molar-refractivity contribution in [3.05, 3.63) is 48.7 Å². The Hall–Kier alpha value is -2.18. The molecule has 0 bridgehead atoms. The number of carbonyl (C=O) groups is 1. The number of rotatable bonds is 4. The Balaban J connectivity index is 1.33. The highest BCUT2D eigenvalue weighted by Gasteiger charge is 2.41. The van der Waals surface area contributed by atoms with Gasteiger partial charge in [-0.05, 0) is 49.6 Å². The molecule has 6 nitrogen and oxygen atoms in total. The fraction of sp³-hybridized carbons (Fsp3) is 0.444. The minimum atomic E-state index is -0.372. The molecule has 0 unspecified atom stereocenters. The fourth-order valence-electron chi connectivity index (χ4n) is 3.59. The molecule has 0 spiro atoms. The molecule has 2 aromatic heterocycles. The monoisotopic (exact) mass is 327 g/mol. The SMILES string of the molecule is O=C(Nc1cccnc1)[C@@H]1C[C@@H]2CCN(Cc3ccco3)C[C@H]2O1. The van der Waals surface area contributed by atoms with Crippen LogP contribution in [0.3, 0.4) is 0 Å². The van der Waals surface area contributed by atoms with Gasteiger partial charge < -0.3 is 14.5 Å². The Morgan fingerprint density at radius 2 is 2.33 bits per heavy atom. The summed E-state index contributed by atoms with van der Waals surface area (Å²) in [6.45, 7) is 2.66. The van der Waals surface area contributed by atoms with Crippen LogP contribution in [0.25, 0.3) is 0 Å². The molecule has 0 saturated carbocycles. The minimum absolute atomic E-state index is 0.0741. The van der Waals surface area contributed by atoms with Crippen LogP contribution < -0.4 is 5.32 Å². The summed E-state index contributed by atoms with van der Waals surface area (Å²) in [4.78, 5) is 18.7. The van der Waals surface area contributed by atoms with Gasteiger partial charge in [0.2, 0.25) is 0 Å². The number of amides is 1. The lowest BCUT2D eigenvalue weighted by atomic mass is 9.91. The van der Waals surface area contributed by atoms with Gasteiger partial charge in [0, 0.05) is 12.7 Å². The maximum atomic E-state index is 12.4. The number of piperidine rings is 1. The van der Waals surface area contributed by atoms with Gasteiger partial charge in [0.1, 0.15) is 11.9 Å². The van der Waals surface area contributed by atoms with E-state index in [-0.39, 0.29) is 18.1 Å². The minimum Gasteiger partial charge on any atom is -0.468 e. The second kappa shape index (κ2) is 6.75.